The van der Waals surface area contributed by atoms with E-state index in [-0.39, 0.29) is 35.4 Å². The number of carbonyl (C=O) groups is 3. The zero-order valence-electron chi connectivity index (χ0n) is 50.6. The molecular formula is C61H54Cl6N12O9S6. The Morgan fingerprint density at radius 1 is 0.511 bits per heavy atom. The second kappa shape index (κ2) is 34.7. The third-order valence-corrected chi connectivity index (χ3v) is 20.0. The number of hydrogen-bond acceptors (Lipinski definition) is 23. The van der Waals surface area contributed by atoms with Crippen LogP contribution in [0.15, 0.2) is 147 Å². The Morgan fingerprint density at radius 2 is 0.872 bits per heavy atom. The molecule has 0 atom stereocenters. The van der Waals surface area contributed by atoms with Gasteiger partial charge in [0.15, 0.2) is 18.0 Å². The first kappa shape index (κ1) is 73.0. The third kappa shape index (κ3) is 20.6. The van der Waals surface area contributed by atoms with Crippen LogP contribution in [-0.2, 0) is 22.6 Å². The lowest BCUT2D eigenvalue weighted by atomic mass is 10.2. The van der Waals surface area contributed by atoms with Gasteiger partial charge in [-0.05, 0) is 149 Å². The Hall–Kier alpha value is -6.83. The molecule has 0 saturated carbocycles. The molecule has 94 heavy (non-hydrogen) atoms. The lowest BCUT2D eigenvalue weighted by molar-refractivity contribution is 0.0355. The van der Waals surface area contributed by atoms with E-state index in [0.717, 1.165) is 60.7 Å². The van der Waals surface area contributed by atoms with Crippen molar-refractivity contribution in [3.05, 3.63) is 178 Å². The van der Waals surface area contributed by atoms with Crippen molar-refractivity contribution in [1.82, 2.24) is 60.4 Å². The standard InChI is InChI=1S/C23H20Cl2N4O3S2.C20H14Cl2N4O3S2.C15H12Cl2N4O2S2.C3H8O/c1-13(2)32-22(30)20-21(29(28-27-20)11-14-4-7-16(31-3)8-5-14)34-23-26-19(12-33-23)15-6-9-17(24)18(25)10-15;1-29-13-5-2-11(3-6-13)9-26-18(17(19(27)28)24-25-26)31-20-23-16(10-30-20)12-4-7-14(21)15(22)8-12;1-7(2)23-14(22)12-13(20-21-19-12)25-15-18-11(6-24-15)8-3-4-9(16)10(17)5-8;1-3(2)4/h4-10,12-13H,11H2,1-3H3;2-8,10H,9H2,1H3,(H,27,28);3-7H,1-2H3,(H,19,20,21);3-4H,1-2H3. The van der Waals surface area contributed by atoms with Gasteiger partial charge in [0.05, 0.1) is 86.7 Å². The van der Waals surface area contributed by atoms with Crippen molar-refractivity contribution in [3.63, 3.8) is 0 Å². The van der Waals surface area contributed by atoms with E-state index in [4.69, 9.17) is 98.6 Å². The van der Waals surface area contributed by atoms with Gasteiger partial charge in [0.2, 0.25) is 17.1 Å². The Morgan fingerprint density at radius 3 is 1.23 bits per heavy atom. The van der Waals surface area contributed by atoms with E-state index in [1.807, 2.05) is 82.9 Å². The van der Waals surface area contributed by atoms with Crippen LogP contribution in [0, 0.1) is 0 Å². The maximum absolute atomic E-state index is 12.7. The van der Waals surface area contributed by atoms with Gasteiger partial charge in [0, 0.05) is 38.9 Å². The summed E-state index contributed by atoms with van der Waals surface area (Å²) in [5.41, 5.74) is 6.85. The van der Waals surface area contributed by atoms with Crippen LogP contribution >= 0.6 is 139 Å². The molecule has 0 fully saturated rings. The van der Waals surface area contributed by atoms with Crippen LogP contribution in [0.1, 0.15) is 84.1 Å². The number of methoxy groups -OCH3 is 2. The lowest BCUT2D eigenvalue weighted by Crippen LogP contribution is -2.13. The molecule has 21 nitrogen and oxygen atoms in total. The van der Waals surface area contributed by atoms with Crippen molar-refractivity contribution in [2.24, 2.45) is 0 Å². The highest BCUT2D eigenvalue weighted by molar-refractivity contribution is 8.01. The van der Waals surface area contributed by atoms with E-state index in [2.05, 4.69) is 46.0 Å². The third-order valence-electron chi connectivity index (χ3n) is 11.8. The van der Waals surface area contributed by atoms with Gasteiger partial charge in [-0.2, -0.15) is 5.21 Å². The van der Waals surface area contributed by atoms with Crippen LogP contribution in [0.25, 0.3) is 33.8 Å². The van der Waals surface area contributed by atoms with Crippen LogP contribution in [0.3, 0.4) is 0 Å². The smallest absolute Gasteiger partial charge is 0.362 e. The minimum absolute atomic E-state index is 0.121. The summed E-state index contributed by atoms with van der Waals surface area (Å²) in [6, 6.07) is 31.0. The molecule has 0 aliphatic carbocycles. The van der Waals surface area contributed by atoms with E-state index in [1.54, 1.807) is 102 Å². The van der Waals surface area contributed by atoms with Gasteiger partial charge in [-0.3, -0.25) is 0 Å². The summed E-state index contributed by atoms with van der Waals surface area (Å²) < 4.78 is 26.2. The fourth-order valence-corrected chi connectivity index (χ4v) is 13.9. The summed E-state index contributed by atoms with van der Waals surface area (Å²) in [6.45, 7) is 11.3. The summed E-state index contributed by atoms with van der Waals surface area (Å²) in [5.74, 6) is -0.700. The quantitative estimate of drug-likeness (QED) is 0.0598. The molecule has 0 unspecified atom stereocenters. The van der Waals surface area contributed by atoms with Gasteiger partial charge in [-0.25, -0.2) is 38.7 Å². The number of aliphatic hydroxyl groups is 1. The van der Waals surface area contributed by atoms with Gasteiger partial charge >= 0.3 is 17.9 Å². The molecule has 0 bridgehead atoms. The SMILES string of the molecule is CC(C)O.CC(C)OC(=O)c1n[nH]nc1Sc1nc(-c2ccc(Cl)c(Cl)c2)cs1.COc1ccc(Cn2nnc(C(=O)O)c2Sc2nc(-c3ccc(Cl)c(Cl)c3)cs2)cc1.COc1ccc(Cn2nnc(C(=O)OC(C)C)c2Sc2nc(-c3ccc(Cl)c(Cl)c3)cs2)cc1. The number of hydrogen-bond donors (Lipinski definition) is 3. The van der Waals surface area contributed by atoms with Crippen molar-refractivity contribution in [1.29, 1.82) is 0 Å². The number of rotatable bonds is 20. The summed E-state index contributed by atoms with van der Waals surface area (Å²) in [7, 11) is 3.22. The number of carbonyl (C=O) groups excluding carboxylic acids is 2. The molecule has 5 aromatic carbocycles. The number of aromatic carboxylic acids is 1. The molecule has 0 radical (unpaired) electrons. The molecule has 11 aromatic rings. The van der Waals surface area contributed by atoms with Crippen molar-refractivity contribution < 1.29 is 43.5 Å². The molecule has 0 spiro atoms. The molecule has 0 aliphatic heterocycles. The Bertz CT molecular complexity index is 4370. The van der Waals surface area contributed by atoms with E-state index < -0.39 is 17.9 Å². The molecule has 0 saturated heterocycles. The van der Waals surface area contributed by atoms with Gasteiger partial charge in [-0.1, -0.05) is 122 Å². The average Bonchev–Trinajstić information content (AvgIpc) is 1.69. The first-order chi connectivity index (χ1) is 44.9. The van der Waals surface area contributed by atoms with Crippen molar-refractivity contribution in [3.8, 4) is 45.3 Å². The number of carboxylic acids is 1. The number of H-pyrrole nitrogens is 1. The number of esters is 2. The summed E-state index contributed by atoms with van der Waals surface area (Å²) in [6.07, 6.45) is -0.679. The zero-order chi connectivity index (χ0) is 67.8. The van der Waals surface area contributed by atoms with Gasteiger partial charge in [0.1, 0.15) is 21.6 Å². The highest BCUT2D eigenvalue weighted by Crippen LogP contribution is 2.40. The fraction of sp³-hybridized carbons (Fsp3) is 0.213. The highest BCUT2D eigenvalue weighted by atomic mass is 35.5. The maximum Gasteiger partial charge on any atom is 0.362 e. The molecule has 0 aliphatic rings. The van der Waals surface area contributed by atoms with Crippen LogP contribution in [-0.4, -0.2) is 121 Å². The second-order valence-electron chi connectivity index (χ2n) is 20.0. The number of benzene rings is 5. The van der Waals surface area contributed by atoms with Crippen LogP contribution < -0.4 is 9.47 Å². The first-order valence-corrected chi connectivity index (χ1v) is 34.9. The minimum Gasteiger partial charge on any atom is -0.497 e. The monoisotopic (exact) mass is 1500 g/mol. The molecule has 490 valence electrons. The largest absolute Gasteiger partial charge is 0.497 e. The van der Waals surface area contributed by atoms with E-state index in [1.165, 1.54) is 69.3 Å². The second-order valence-corrected chi connectivity index (χ2v) is 28.7. The summed E-state index contributed by atoms with van der Waals surface area (Å²) >= 11 is 44.3. The van der Waals surface area contributed by atoms with Crippen molar-refractivity contribution >= 4 is 157 Å². The normalized spacial score (nSPS) is 11.0. The Kier molecular flexibility index (Phi) is 27.0. The topological polar surface area (TPSA) is 270 Å². The molecule has 0 amide bonds. The van der Waals surface area contributed by atoms with Crippen LogP contribution in [0.5, 0.6) is 11.5 Å². The number of halogens is 6. The maximum atomic E-state index is 12.7. The van der Waals surface area contributed by atoms with Crippen LogP contribution in [0.2, 0.25) is 30.1 Å². The highest BCUT2D eigenvalue weighted by Gasteiger charge is 2.26. The van der Waals surface area contributed by atoms with Gasteiger partial charge < -0.3 is 29.2 Å². The predicted molar refractivity (Wildman–Crippen MR) is 371 cm³/mol. The number of aromatic amines is 1. The molecule has 33 heteroatoms. The molecule has 6 heterocycles. The molecule has 6 aromatic heterocycles. The number of thiazole rings is 3. The predicted octanol–water partition coefficient (Wildman–Crippen LogP) is 17.4. The number of aromatic nitrogens is 12. The number of carboxylic acid groups (broad SMARTS) is 1. The average molecular weight is 1500 g/mol. The molecule has 3 N–H and O–H groups in total. The van der Waals surface area contributed by atoms with Gasteiger partial charge in [0.25, 0.3) is 0 Å². The van der Waals surface area contributed by atoms with E-state index in [0.29, 0.717) is 67.0 Å². The summed E-state index contributed by atoms with van der Waals surface area (Å²) in [5, 5.41) is 54.0. The number of aliphatic hydroxyl groups excluding tert-OH is 1. The Balaban J connectivity index is 0.000000177. The van der Waals surface area contributed by atoms with Crippen LogP contribution in [0.4, 0.5) is 0 Å². The lowest BCUT2D eigenvalue weighted by Gasteiger charge is -2.09. The number of nitrogens with one attached hydrogen (secondary N) is 1. The molecule has 11 rings (SSSR count). The zero-order valence-corrected chi connectivity index (χ0v) is 60.0. The Labute approximate surface area is 593 Å². The van der Waals surface area contributed by atoms with Crippen molar-refractivity contribution in [2.45, 2.75) is 101 Å². The number of ether oxygens (including phenoxy) is 4. The van der Waals surface area contributed by atoms with E-state index >= 15 is 0 Å². The molecular weight excluding hydrogens is 1450 g/mol. The fourth-order valence-electron chi connectivity index (χ4n) is 7.58. The van der Waals surface area contributed by atoms with Gasteiger partial charge in [-0.15, -0.1) is 54.4 Å². The van der Waals surface area contributed by atoms with E-state index in [9.17, 15) is 19.5 Å². The number of nitrogens with zero attached hydrogens (tertiary/aromatic N) is 11. The summed E-state index contributed by atoms with van der Waals surface area (Å²) in [4.78, 5) is 50.2. The first-order valence-electron chi connectivity index (χ1n) is 27.6. The van der Waals surface area contributed by atoms with Crippen molar-refractivity contribution in [2.75, 3.05) is 14.2 Å². The minimum atomic E-state index is -1.15.